The molecule has 0 saturated carbocycles. The van der Waals surface area contributed by atoms with Crippen molar-refractivity contribution in [3.8, 4) is 0 Å². The highest BCUT2D eigenvalue weighted by Crippen LogP contribution is 2.15. The largest absolute Gasteiger partial charge is 0.383 e. The maximum Gasteiger partial charge on any atom is 0.223 e. The first kappa shape index (κ1) is 13.5. The number of hydrogen-bond acceptors (Lipinski definition) is 6. The molecule has 96 valence electrons. The van der Waals surface area contributed by atoms with Crippen molar-refractivity contribution in [3.05, 3.63) is 6.07 Å². The normalized spacial score (nSPS) is 10.8. The fourth-order valence-electron chi connectivity index (χ4n) is 1.65. The lowest BCUT2D eigenvalue weighted by Crippen LogP contribution is -2.28. The van der Waals surface area contributed by atoms with Gasteiger partial charge in [0.1, 0.15) is 11.6 Å². The van der Waals surface area contributed by atoms with E-state index in [9.17, 15) is 0 Å². The van der Waals surface area contributed by atoms with Crippen LogP contribution in [0.2, 0.25) is 0 Å². The summed E-state index contributed by atoms with van der Waals surface area (Å²) in [6.45, 7) is 4.95. The molecule has 0 fully saturated rings. The molecule has 0 aliphatic heterocycles. The molecule has 0 saturated heterocycles. The van der Waals surface area contributed by atoms with Gasteiger partial charge in [-0.1, -0.05) is 0 Å². The average molecular weight is 238 g/mol. The van der Waals surface area contributed by atoms with Gasteiger partial charge in [-0.2, -0.15) is 9.97 Å². The van der Waals surface area contributed by atoms with Crippen LogP contribution >= 0.6 is 0 Å². The number of rotatable bonds is 6. The van der Waals surface area contributed by atoms with Crippen LogP contribution in [0.4, 0.5) is 17.6 Å². The van der Waals surface area contributed by atoms with Crippen molar-refractivity contribution in [2.75, 3.05) is 50.1 Å². The summed E-state index contributed by atoms with van der Waals surface area (Å²) in [6.07, 6.45) is 1.07. The standard InChI is InChI=1S/C11H22N6/c1-4-17(7-5-6-16(2)3)10-8-9(12)14-11(13)15-10/h8H,4-7H2,1-3H3,(H4,12,13,14,15). The Morgan fingerprint density at radius 1 is 1.18 bits per heavy atom. The van der Waals surface area contributed by atoms with E-state index in [4.69, 9.17) is 11.5 Å². The topological polar surface area (TPSA) is 84.3 Å². The minimum absolute atomic E-state index is 0.228. The second-order valence-electron chi connectivity index (χ2n) is 4.25. The molecule has 0 radical (unpaired) electrons. The van der Waals surface area contributed by atoms with E-state index in [0.717, 1.165) is 31.9 Å². The number of nitrogens with zero attached hydrogens (tertiary/aromatic N) is 4. The Morgan fingerprint density at radius 3 is 2.41 bits per heavy atom. The quantitative estimate of drug-likeness (QED) is 0.747. The summed E-state index contributed by atoms with van der Waals surface area (Å²) in [4.78, 5) is 12.4. The number of nitrogen functional groups attached to an aromatic ring is 2. The Balaban J connectivity index is 2.65. The van der Waals surface area contributed by atoms with Crippen LogP contribution in [0.15, 0.2) is 6.07 Å². The molecule has 0 atom stereocenters. The molecule has 0 aliphatic rings. The van der Waals surface area contributed by atoms with Crippen molar-refractivity contribution in [1.82, 2.24) is 14.9 Å². The van der Waals surface area contributed by atoms with Crippen LogP contribution in [0.5, 0.6) is 0 Å². The van der Waals surface area contributed by atoms with Gasteiger partial charge in [0.2, 0.25) is 5.95 Å². The summed E-state index contributed by atoms with van der Waals surface area (Å²) in [6, 6.07) is 1.76. The van der Waals surface area contributed by atoms with Crippen LogP contribution in [-0.2, 0) is 0 Å². The van der Waals surface area contributed by atoms with Gasteiger partial charge in [0.05, 0.1) is 0 Å². The molecular formula is C11H22N6. The zero-order chi connectivity index (χ0) is 12.8. The van der Waals surface area contributed by atoms with Gasteiger partial charge in [-0.15, -0.1) is 0 Å². The Morgan fingerprint density at radius 2 is 1.88 bits per heavy atom. The maximum absolute atomic E-state index is 5.66. The Kier molecular flexibility index (Phi) is 4.96. The molecule has 0 spiro atoms. The second kappa shape index (κ2) is 6.24. The SMILES string of the molecule is CCN(CCCN(C)C)c1cc(N)nc(N)n1. The van der Waals surface area contributed by atoms with Gasteiger partial charge in [-0.25, -0.2) is 0 Å². The number of anilines is 3. The first-order chi connectivity index (χ1) is 8.02. The van der Waals surface area contributed by atoms with Gasteiger partial charge >= 0.3 is 0 Å². The highest BCUT2D eigenvalue weighted by Gasteiger charge is 2.08. The molecular weight excluding hydrogens is 216 g/mol. The molecule has 0 bridgehead atoms. The number of aromatic nitrogens is 2. The average Bonchev–Trinajstić information content (AvgIpc) is 2.22. The van der Waals surface area contributed by atoms with Gasteiger partial charge in [-0.3, -0.25) is 0 Å². The third-order valence-electron chi connectivity index (χ3n) is 2.49. The van der Waals surface area contributed by atoms with E-state index in [1.165, 1.54) is 0 Å². The molecule has 6 nitrogen and oxygen atoms in total. The highest BCUT2D eigenvalue weighted by molar-refractivity contribution is 5.50. The van der Waals surface area contributed by atoms with E-state index < -0.39 is 0 Å². The lowest BCUT2D eigenvalue weighted by molar-refractivity contribution is 0.400. The van der Waals surface area contributed by atoms with Gasteiger partial charge in [0.15, 0.2) is 0 Å². The molecule has 1 heterocycles. The molecule has 17 heavy (non-hydrogen) atoms. The Bertz CT molecular complexity index is 332. The summed E-state index contributed by atoms with van der Waals surface area (Å²) in [5.74, 6) is 1.45. The van der Waals surface area contributed by atoms with Gasteiger partial charge in [0, 0.05) is 19.2 Å². The summed E-state index contributed by atoms with van der Waals surface area (Å²) in [5, 5.41) is 0. The smallest absolute Gasteiger partial charge is 0.223 e. The van der Waals surface area contributed by atoms with E-state index in [1.807, 2.05) is 0 Å². The van der Waals surface area contributed by atoms with Crippen molar-refractivity contribution in [3.63, 3.8) is 0 Å². The molecule has 1 rings (SSSR count). The van der Waals surface area contributed by atoms with E-state index in [0.29, 0.717) is 5.82 Å². The molecule has 0 aliphatic carbocycles. The van der Waals surface area contributed by atoms with Gasteiger partial charge in [-0.05, 0) is 34.0 Å². The van der Waals surface area contributed by atoms with Crippen LogP contribution < -0.4 is 16.4 Å². The number of hydrogen-bond donors (Lipinski definition) is 2. The van der Waals surface area contributed by atoms with Gasteiger partial charge < -0.3 is 21.3 Å². The van der Waals surface area contributed by atoms with Crippen molar-refractivity contribution < 1.29 is 0 Å². The Hall–Kier alpha value is -1.56. The fourth-order valence-corrected chi connectivity index (χ4v) is 1.65. The van der Waals surface area contributed by atoms with Crippen molar-refractivity contribution in [1.29, 1.82) is 0 Å². The summed E-state index contributed by atoms with van der Waals surface area (Å²) in [5.41, 5.74) is 11.3. The van der Waals surface area contributed by atoms with Crippen molar-refractivity contribution in [2.24, 2.45) is 0 Å². The molecule has 1 aromatic rings. The Labute approximate surface area is 103 Å². The van der Waals surface area contributed by atoms with Crippen molar-refractivity contribution >= 4 is 17.6 Å². The van der Waals surface area contributed by atoms with Crippen LogP contribution in [0.1, 0.15) is 13.3 Å². The first-order valence-corrected chi connectivity index (χ1v) is 5.82. The molecule has 6 heteroatoms. The number of nitrogens with two attached hydrogens (primary N) is 2. The molecule has 0 amide bonds. The summed E-state index contributed by atoms with van der Waals surface area (Å²) >= 11 is 0. The molecule has 4 N–H and O–H groups in total. The van der Waals surface area contributed by atoms with E-state index in [1.54, 1.807) is 6.07 Å². The molecule has 0 aromatic carbocycles. The first-order valence-electron chi connectivity index (χ1n) is 5.82. The summed E-state index contributed by atoms with van der Waals surface area (Å²) in [7, 11) is 4.13. The predicted octanol–water partition coefficient (Wildman–Crippen LogP) is 0.419. The van der Waals surface area contributed by atoms with Gasteiger partial charge in [0.25, 0.3) is 0 Å². The minimum atomic E-state index is 0.228. The fraction of sp³-hybridized carbons (Fsp3) is 0.636. The van der Waals surface area contributed by atoms with E-state index in [-0.39, 0.29) is 5.95 Å². The minimum Gasteiger partial charge on any atom is -0.383 e. The third kappa shape index (κ3) is 4.44. The van der Waals surface area contributed by atoms with E-state index >= 15 is 0 Å². The van der Waals surface area contributed by atoms with Crippen molar-refractivity contribution in [2.45, 2.75) is 13.3 Å². The predicted molar refractivity (Wildman–Crippen MR) is 71.9 cm³/mol. The monoisotopic (exact) mass is 238 g/mol. The van der Waals surface area contributed by atoms with Crippen LogP contribution in [0, 0.1) is 0 Å². The lowest BCUT2D eigenvalue weighted by atomic mass is 10.3. The van der Waals surface area contributed by atoms with Crippen LogP contribution in [-0.4, -0.2) is 48.6 Å². The van der Waals surface area contributed by atoms with Crippen LogP contribution in [0.3, 0.4) is 0 Å². The second-order valence-corrected chi connectivity index (χ2v) is 4.25. The summed E-state index contributed by atoms with van der Waals surface area (Å²) < 4.78 is 0. The third-order valence-corrected chi connectivity index (χ3v) is 2.49. The van der Waals surface area contributed by atoms with Crippen LogP contribution in [0.25, 0.3) is 0 Å². The zero-order valence-electron chi connectivity index (χ0n) is 10.8. The zero-order valence-corrected chi connectivity index (χ0v) is 10.8. The van der Waals surface area contributed by atoms with E-state index in [2.05, 4.69) is 40.8 Å². The maximum atomic E-state index is 5.66. The molecule has 0 unspecified atom stereocenters. The highest BCUT2D eigenvalue weighted by atomic mass is 15.2. The lowest BCUT2D eigenvalue weighted by Gasteiger charge is -2.23. The molecule has 1 aromatic heterocycles.